The van der Waals surface area contributed by atoms with Crippen molar-refractivity contribution in [1.29, 1.82) is 0 Å². The second-order valence-corrected chi connectivity index (χ2v) is 3.35. The molecule has 0 saturated carbocycles. The maximum atomic E-state index is 12.0. The van der Waals surface area contributed by atoms with Crippen molar-refractivity contribution in [3.05, 3.63) is 34.2 Å². The number of amides is 1. The lowest BCUT2D eigenvalue weighted by atomic mass is 10.2. The number of nitrogens with zero attached hydrogens (tertiary/aromatic N) is 2. The van der Waals surface area contributed by atoms with Gasteiger partial charge in [-0.3, -0.25) is 9.59 Å². The van der Waals surface area contributed by atoms with Crippen molar-refractivity contribution < 1.29 is 10.0 Å². The number of carbonyl (C=O) groups is 1. The maximum absolute atomic E-state index is 12.0. The van der Waals surface area contributed by atoms with E-state index in [9.17, 15) is 9.59 Å². The molecular weight excluding hydrogens is 224 g/mol. The third kappa shape index (κ3) is 3.33. The van der Waals surface area contributed by atoms with Gasteiger partial charge in [-0.05, 0) is 13.0 Å². The van der Waals surface area contributed by atoms with Crippen LogP contribution in [0.4, 0.5) is 0 Å². The Labute approximate surface area is 97.5 Å². The lowest BCUT2D eigenvalue weighted by Crippen LogP contribution is -2.38. The Bertz CT molecular complexity index is 480. The lowest BCUT2D eigenvalue weighted by molar-refractivity contribution is 0.0786. The summed E-state index contributed by atoms with van der Waals surface area (Å²) in [5.74, 6) is -0.407. The van der Waals surface area contributed by atoms with E-state index in [4.69, 9.17) is 10.9 Å². The minimum absolute atomic E-state index is 0.0125. The first-order valence-electron chi connectivity index (χ1n) is 5.03. The molecule has 0 bridgehead atoms. The van der Waals surface area contributed by atoms with Crippen molar-refractivity contribution in [3.8, 4) is 0 Å². The molecule has 1 aromatic rings. The van der Waals surface area contributed by atoms with Crippen LogP contribution in [-0.2, 0) is 0 Å². The quantitative estimate of drug-likeness (QED) is 0.286. The summed E-state index contributed by atoms with van der Waals surface area (Å²) in [6, 6.07) is 2.70. The van der Waals surface area contributed by atoms with E-state index in [0.717, 1.165) is 0 Å². The fraction of sp³-hybridized carbons (Fsp3) is 0.300. The number of hydrogen-bond donors (Lipinski definition) is 3. The number of amidine groups is 1. The molecule has 0 unspecified atom stereocenters. The Morgan fingerprint density at radius 1 is 1.65 bits per heavy atom. The van der Waals surface area contributed by atoms with Crippen LogP contribution in [0.25, 0.3) is 0 Å². The second-order valence-electron chi connectivity index (χ2n) is 3.35. The zero-order valence-electron chi connectivity index (χ0n) is 9.38. The van der Waals surface area contributed by atoms with Crippen LogP contribution in [-0.4, -0.2) is 39.9 Å². The molecule has 1 heterocycles. The first-order valence-corrected chi connectivity index (χ1v) is 5.03. The van der Waals surface area contributed by atoms with E-state index < -0.39 is 0 Å². The van der Waals surface area contributed by atoms with Crippen LogP contribution in [0.2, 0.25) is 0 Å². The van der Waals surface area contributed by atoms with Gasteiger partial charge >= 0.3 is 0 Å². The maximum Gasteiger partial charge on any atom is 0.254 e. The van der Waals surface area contributed by atoms with Crippen LogP contribution in [0.5, 0.6) is 0 Å². The highest BCUT2D eigenvalue weighted by Gasteiger charge is 2.15. The number of H-pyrrole nitrogens is 1. The molecule has 0 radical (unpaired) electrons. The Hall–Kier alpha value is -2.31. The molecule has 0 aromatic carbocycles. The van der Waals surface area contributed by atoms with Gasteiger partial charge in [0.15, 0.2) is 5.84 Å². The van der Waals surface area contributed by atoms with Crippen molar-refractivity contribution in [1.82, 2.24) is 9.88 Å². The zero-order valence-corrected chi connectivity index (χ0v) is 9.38. The molecule has 0 aliphatic rings. The number of aromatic nitrogens is 1. The largest absolute Gasteiger partial charge is 0.409 e. The summed E-state index contributed by atoms with van der Waals surface area (Å²) in [6.07, 6.45) is 1.40. The number of likely N-dealkylation sites (N-methyl/N-ethyl adjacent to an activating group) is 1. The minimum atomic E-state index is -0.351. The molecule has 0 spiro atoms. The van der Waals surface area contributed by atoms with E-state index in [1.54, 1.807) is 6.92 Å². The van der Waals surface area contributed by atoms with Gasteiger partial charge in [0.05, 0.1) is 6.54 Å². The first-order chi connectivity index (χ1) is 8.08. The molecule has 1 amide bonds. The first kappa shape index (κ1) is 12.8. The summed E-state index contributed by atoms with van der Waals surface area (Å²) < 4.78 is 0. The Morgan fingerprint density at radius 3 is 2.88 bits per heavy atom. The molecule has 17 heavy (non-hydrogen) atoms. The SMILES string of the molecule is CCN(C/C(N)=N/O)C(=O)c1cc[nH]c(=O)c1. The van der Waals surface area contributed by atoms with Gasteiger partial charge in [0, 0.05) is 24.4 Å². The highest BCUT2D eigenvalue weighted by molar-refractivity contribution is 5.96. The molecule has 0 aliphatic heterocycles. The van der Waals surface area contributed by atoms with Crippen molar-refractivity contribution in [2.75, 3.05) is 13.1 Å². The molecule has 92 valence electrons. The van der Waals surface area contributed by atoms with E-state index in [2.05, 4.69) is 10.1 Å². The van der Waals surface area contributed by atoms with Crippen molar-refractivity contribution in [2.45, 2.75) is 6.92 Å². The summed E-state index contributed by atoms with van der Waals surface area (Å²) in [4.78, 5) is 26.8. The van der Waals surface area contributed by atoms with Gasteiger partial charge in [-0.1, -0.05) is 5.16 Å². The number of oxime groups is 1. The third-order valence-corrected chi connectivity index (χ3v) is 2.17. The van der Waals surface area contributed by atoms with E-state index in [-0.39, 0.29) is 29.4 Å². The average Bonchev–Trinajstić information content (AvgIpc) is 2.34. The van der Waals surface area contributed by atoms with Crippen LogP contribution in [0, 0.1) is 0 Å². The minimum Gasteiger partial charge on any atom is -0.409 e. The number of aromatic amines is 1. The predicted molar refractivity (Wildman–Crippen MR) is 62.0 cm³/mol. The molecule has 0 fully saturated rings. The summed E-state index contributed by atoms with van der Waals surface area (Å²) in [7, 11) is 0. The van der Waals surface area contributed by atoms with E-state index in [1.165, 1.54) is 23.2 Å². The van der Waals surface area contributed by atoms with E-state index >= 15 is 0 Å². The third-order valence-electron chi connectivity index (χ3n) is 2.17. The van der Waals surface area contributed by atoms with Gasteiger partial charge < -0.3 is 20.8 Å². The zero-order chi connectivity index (χ0) is 12.8. The summed E-state index contributed by atoms with van der Waals surface area (Å²) in [6.45, 7) is 2.16. The Morgan fingerprint density at radius 2 is 2.35 bits per heavy atom. The summed E-state index contributed by atoms with van der Waals surface area (Å²) >= 11 is 0. The molecule has 0 saturated heterocycles. The van der Waals surface area contributed by atoms with Crippen LogP contribution in [0.3, 0.4) is 0 Å². The van der Waals surface area contributed by atoms with Gasteiger partial charge in [0.2, 0.25) is 5.56 Å². The molecule has 1 rings (SSSR count). The second kappa shape index (κ2) is 5.69. The van der Waals surface area contributed by atoms with Crippen LogP contribution in [0.15, 0.2) is 28.3 Å². The van der Waals surface area contributed by atoms with Crippen LogP contribution in [0.1, 0.15) is 17.3 Å². The number of nitrogens with two attached hydrogens (primary N) is 1. The van der Waals surface area contributed by atoms with Gasteiger partial charge in [-0.15, -0.1) is 0 Å². The number of hydrogen-bond acceptors (Lipinski definition) is 4. The Kier molecular flexibility index (Phi) is 4.27. The molecule has 1 aromatic heterocycles. The highest BCUT2D eigenvalue weighted by Crippen LogP contribution is 2.01. The predicted octanol–water partition coefficient (Wildman–Crippen LogP) is -0.417. The van der Waals surface area contributed by atoms with Crippen molar-refractivity contribution in [2.24, 2.45) is 10.9 Å². The fourth-order valence-corrected chi connectivity index (χ4v) is 1.31. The van der Waals surface area contributed by atoms with Crippen LogP contribution >= 0.6 is 0 Å². The number of rotatable bonds is 4. The van der Waals surface area contributed by atoms with Crippen molar-refractivity contribution >= 4 is 11.7 Å². The smallest absolute Gasteiger partial charge is 0.254 e. The van der Waals surface area contributed by atoms with Gasteiger partial charge in [0.25, 0.3) is 5.91 Å². The van der Waals surface area contributed by atoms with Gasteiger partial charge in [-0.2, -0.15) is 0 Å². The van der Waals surface area contributed by atoms with Gasteiger partial charge in [-0.25, -0.2) is 0 Å². The highest BCUT2D eigenvalue weighted by atomic mass is 16.4. The molecule has 0 atom stereocenters. The number of nitrogens with one attached hydrogen (secondary N) is 1. The summed E-state index contributed by atoms with van der Waals surface area (Å²) in [5.41, 5.74) is 5.25. The monoisotopic (exact) mass is 238 g/mol. The normalized spacial score (nSPS) is 11.2. The average molecular weight is 238 g/mol. The standard InChI is InChI=1S/C10H14N4O3/c1-2-14(6-8(11)13-17)10(16)7-3-4-12-9(15)5-7/h3-5,17H,2,6H2,1H3,(H2,11,13)(H,12,15). The molecule has 0 aliphatic carbocycles. The molecule has 7 nitrogen and oxygen atoms in total. The fourth-order valence-electron chi connectivity index (χ4n) is 1.31. The van der Waals surface area contributed by atoms with Gasteiger partial charge in [0.1, 0.15) is 0 Å². The topological polar surface area (TPSA) is 112 Å². The van der Waals surface area contributed by atoms with Crippen LogP contribution < -0.4 is 11.3 Å². The molecule has 4 N–H and O–H groups in total. The van der Waals surface area contributed by atoms with E-state index in [1.807, 2.05) is 0 Å². The molecular formula is C10H14N4O3. The Balaban J connectivity index is 2.90. The molecule has 7 heteroatoms. The van der Waals surface area contributed by atoms with Crippen molar-refractivity contribution in [3.63, 3.8) is 0 Å². The number of carbonyl (C=O) groups excluding carboxylic acids is 1. The summed E-state index contributed by atoms with van der Waals surface area (Å²) in [5, 5.41) is 11.2. The number of pyridine rings is 1. The lowest BCUT2D eigenvalue weighted by Gasteiger charge is -2.19. The van der Waals surface area contributed by atoms with E-state index in [0.29, 0.717) is 6.54 Å².